The maximum absolute atomic E-state index is 2.44. The molecular formula is C49H35NS. The highest BCUT2D eigenvalue weighted by atomic mass is 32.1. The van der Waals surface area contributed by atoms with E-state index in [2.05, 4.69) is 195 Å². The summed E-state index contributed by atoms with van der Waals surface area (Å²) in [6.07, 6.45) is 0. The number of benzene rings is 8. The van der Waals surface area contributed by atoms with E-state index in [9.17, 15) is 0 Å². The Labute approximate surface area is 302 Å². The number of hydrogen-bond acceptors (Lipinski definition) is 2. The predicted octanol–water partition coefficient (Wildman–Crippen LogP) is 14.3. The zero-order valence-electron chi connectivity index (χ0n) is 28.6. The van der Waals surface area contributed by atoms with Crippen LogP contribution in [0, 0.1) is 0 Å². The molecule has 242 valence electrons. The van der Waals surface area contributed by atoms with Crippen LogP contribution in [0.3, 0.4) is 0 Å². The number of anilines is 3. The van der Waals surface area contributed by atoms with Gasteiger partial charge in [0.15, 0.2) is 0 Å². The van der Waals surface area contributed by atoms with E-state index in [1.807, 2.05) is 11.3 Å². The van der Waals surface area contributed by atoms with Crippen LogP contribution < -0.4 is 4.90 Å². The first kappa shape index (κ1) is 29.9. The fraction of sp³-hybridized carbons (Fsp3) is 0.0612. The van der Waals surface area contributed by atoms with Gasteiger partial charge in [-0.05, 0) is 92.4 Å². The third kappa shape index (κ3) is 4.67. The summed E-state index contributed by atoms with van der Waals surface area (Å²) >= 11 is 1.93. The minimum Gasteiger partial charge on any atom is -0.310 e. The largest absolute Gasteiger partial charge is 0.310 e. The highest BCUT2D eigenvalue weighted by Gasteiger charge is 2.39. The van der Waals surface area contributed by atoms with E-state index in [-0.39, 0.29) is 5.41 Å². The van der Waals surface area contributed by atoms with Crippen molar-refractivity contribution in [1.82, 2.24) is 0 Å². The highest BCUT2D eigenvalue weighted by Crippen LogP contribution is 2.57. The molecule has 51 heavy (non-hydrogen) atoms. The van der Waals surface area contributed by atoms with Crippen LogP contribution in [0.1, 0.15) is 25.0 Å². The van der Waals surface area contributed by atoms with Gasteiger partial charge >= 0.3 is 0 Å². The summed E-state index contributed by atoms with van der Waals surface area (Å²) in [7, 11) is 0. The van der Waals surface area contributed by atoms with E-state index < -0.39 is 0 Å². The van der Waals surface area contributed by atoms with Crippen LogP contribution in [0.5, 0.6) is 0 Å². The van der Waals surface area contributed by atoms with Crippen LogP contribution in [0.15, 0.2) is 176 Å². The quantitative estimate of drug-likeness (QED) is 0.176. The van der Waals surface area contributed by atoms with Gasteiger partial charge in [0.25, 0.3) is 0 Å². The second-order valence-corrected chi connectivity index (χ2v) is 15.2. The molecule has 0 fully saturated rings. The van der Waals surface area contributed by atoms with Gasteiger partial charge in [-0.2, -0.15) is 0 Å². The fourth-order valence-electron chi connectivity index (χ4n) is 8.42. The lowest BCUT2D eigenvalue weighted by Gasteiger charge is -2.26. The summed E-state index contributed by atoms with van der Waals surface area (Å²) in [4.78, 5) is 2.41. The molecule has 8 aromatic carbocycles. The lowest BCUT2D eigenvalue weighted by molar-refractivity contribution is 0.667. The van der Waals surface area contributed by atoms with Crippen molar-refractivity contribution in [1.29, 1.82) is 0 Å². The van der Waals surface area contributed by atoms with Crippen molar-refractivity contribution < 1.29 is 0 Å². The number of nitrogens with zero attached hydrogens (tertiary/aromatic N) is 1. The Hall–Kier alpha value is -5.96. The van der Waals surface area contributed by atoms with Crippen LogP contribution in [0.4, 0.5) is 17.1 Å². The number of hydrogen-bond donors (Lipinski definition) is 0. The lowest BCUT2D eigenvalue weighted by atomic mass is 9.80. The minimum atomic E-state index is -0.127. The third-order valence-corrected chi connectivity index (χ3v) is 12.0. The van der Waals surface area contributed by atoms with Crippen molar-refractivity contribution in [2.45, 2.75) is 19.3 Å². The van der Waals surface area contributed by atoms with Crippen molar-refractivity contribution >= 4 is 59.3 Å². The first-order valence-electron chi connectivity index (χ1n) is 17.7. The molecule has 0 radical (unpaired) electrons. The standard InChI is InChI=1S/C49H35NS/c1-49(2)43-20-12-11-19-41(43)45-39-17-9-10-18-40(39)48-46(47(45)49)42-31-38(29-30-44(42)51-48)50(36-25-21-34(22-26-36)32-13-5-3-6-14-32)37-27-23-35(24-28-37)33-15-7-4-8-16-33/h3-31H,1-2H3. The SMILES string of the molecule is CC1(C)c2ccccc2-c2c1c1c3cc(N(c4ccc(-c5ccccc5)cc4)c4ccc(-c5ccccc5)cc4)ccc3sc1c1ccccc21. The number of thiophene rings is 1. The van der Waals surface area contributed by atoms with Gasteiger partial charge in [0.1, 0.15) is 0 Å². The van der Waals surface area contributed by atoms with Crippen LogP contribution in [0.25, 0.3) is 64.3 Å². The Morgan fingerprint density at radius 3 is 1.59 bits per heavy atom. The normalized spacial score (nSPS) is 13.1. The Morgan fingerprint density at radius 1 is 0.451 bits per heavy atom. The Bertz CT molecular complexity index is 2660. The van der Waals surface area contributed by atoms with Crippen LogP contribution in [0.2, 0.25) is 0 Å². The van der Waals surface area contributed by atoms with Crippen LogP contribution in [-0.4, -0.2) is 0 Å². The monoisotopic (exact) mass is 669 g/mol. The van der Waals surface area contributed by atoms with Crippen molar-refractivity contribution in [2.24, 2.45) is 0 Å². The molecule has 1 heterocycles. The van der Waals surface area contributed by atoms with Crippen molar-refractivity contribution in [2.75, 3.05) is 4.90 Å². The van der Waals surface area contributed by atoms with E-state index in [0.29, 0.717) is 0 Å². The Kier molecular flexibility index (Phi) is 6.78. The molecule has 2 heteroatoms. The van der Waals surface area contributed by atoms with E-state index in [1.54, 1.807) is 0 Å². The lowest BCUT2D eigenvalue weighted by Crippen LogP contribution is -2.15. The predicted molar refractivity (Wildman–Crippen MR) is 220 cm³/mol. The first-order valence-corrected chi connectivity index (χ1v) is 18.5. The average molecular weight is 670 g/mol. The van der Waals surface area contributed by atoms with Gasteiger partial charge < -0.3 is 4.90 Å². The topological polar surface area (TPSA) is 3.24 Å². The minimum absolute atomic E-state index is 0.127. The molecule has 0 saturated heterocycles. The summed E-state index contributed by atoms with van der Waals surface area (Å²) in [5, 5.41) is 5.41. The molecule has 0 unspecified atom stereocenters. The smallest absolute Gasteiger partial charge is 0.0468 e. The molecule has 1 aliphatic carbocycles. The molecule has 0 spiro atoms. The molecule has 9 aromatic rings. The molecule has 10 rings (SSSR count). The van der Waals surface area contributed by atoms with Crippen molar-refractivity contribution in [3.05, 3.63) is 187 Å². The average Bonchev–Trinajstić information content (AvgIpc) is 3.68. The molecule has 0 atom stereocenters. The molecule has 0 bridgehead atoms. The molecule has 1 aliphatic rings. The summed E-state index contributed by atoms with van der Waals surface area (Å²) in [6.45, 7) is 4.82. The van der Waals surface area contributed by atoms with E-state index >= 15 is 0 Å². The maximum atomic E-state index is 2.44. The fourth-order valence-corrected chi connectivity index (χ4v) is 9.65. The summed E-state index contributed by atoms with van der Waals surface area (Å²) in [5.41, 5.74) is 13.8. The van der Waals surface area contributed by atoms with E-state index in [4.69, 9.17) is 0 Å². The Balaban J connectivity index is 1.20. The second-order valence-electron chi connectivity index (χ2n) is 14.1. The van der Waals surface area contributed by atoms with Crippen molar-refractivity contribution in [3.8, 4) is 33.4 Å². The Morgan fingerprint density at radius 2 is 0.961 bits per heavy atom. The van der Waals surface area contributed by atoms with Gasteiger partial charge in [0, 0.05) is 48.0 Å². The van der Waals surface area contributed by atoms with E-state index in [0.717, 1.165) is 17.1 Å². The third-order valence-electron chi connectivity index (χ3n) is 10.8. The number of fused-ring (bicyclic) bond motifs is 10. The highest BCUT2D eigenvalue weighted by molar-refractivity contribution is 7.26. The molecule has 0 saturated carbocycles. The van der Waals surface area contributed by atoms with Gasteiger partial charge in [-0.1, -0.05) is 147 Å². The van der Waals surface area contributed by atoms with Gasteiger partial charge in [-0.3, -0.25) is 0 Å². The first-order chi connectivity index (χ1) is 25.1. The van der Waals surface area contributed by atoms with Crippen molar-refractivity contribution in [3.63, 3.8) is 0 Å². The van der Waals surface area contributed by atoms with Crippen LogP contribution >= 0.6 is 11.3 Å². The molecule has 0 aliphatic heterocycles. The van der Waals surface area contributed by atoms with Gasteiger partial charge in [-0.25, -0.2) is 0 Å². The molecule has 1 nitrogen and oxygen atoms in total. The van der Waals surface area contributed by atoms with Gasteiger partial charge in [0.05, 0.1) is 0 Å². The molecular weight excluding hydrogens is 635 g/mol. The van der Waals surface area contributed by atoms with E-state index in [1.165, 1.54) is 75.5 Å². The summed E-state index contributed by atoms with van der Waals surface area (Å²) < 4.78 is 2.70. The second kappa shape index (κ2) is 11.6. The maximum Gasteiger partial charge on any atom is 0.0468 e. The summed E-state index contributed by atoms with van der Waals surface area (Å²) in [6, 6.07) is 64.4. The number of rotatable bonds is 5. The zero-order valence-corrected chi connectivity index (χ0v) is 29.4. The zero-order chi connectivity index (χ0) is 34.1. The van der Waals surface area contributed by atoms with Gasteiger partial charge in [-0.15, -0.1) is 11.3 Å². The van der Waals surface area contributed by atoms with Gasteiger partial charge in [0.2, 0.25) is 0 Å². The summed E-state index contributed by atoms with van der Waals surface area (Å²) in [5.74, 6) is 0. The molecule has 0 amide bonds. The molecule has 0 N–H and O–H groups in total. The van der Waals surface area contributed by atoms with Crippen LogP contribution in [-0.2, 0) is 5.41 Å². The molecule has 1 aromatic heterocycles.